The highest BCUT2D eigenvalue weighted by Crippen LogP contribution is 2.31. The summed E-state index contributed by atoms with van der Waals surface area (Å²) < 4.78 is 0. The summed E-state index contributed by atoms with van der Waals surface area (Å²) in [7, 11) is 0. The van der Waals surface area contributed by atoms with Crippen LogP contribution in [0.2, 0.25) is 0 Å². The van der Waals surface area contributed by atoms with Gasteiger partial charge in [-0.1, -0.05) is 29.8 Å². The maximum atomic E-state index is 10.5. The van der Waals surface area contributed by atoms with Gasteiger partial charge in [-0.3, -0.25) is 0 Å². The van der Waals surface area contributed by atoms with Gasteiger partial charge in [-0.2, -0.15) is 5.06 Å². The molecular formula is C17H28N2O. The molecule has 3 nitrogen and oxygen atoms in total. The van der Waals surface area contributed by atoms with Crippen LogP contribution in [0.15, 0.2) is 24.3 Å². The Balaban J connectivity index is 2.04. The molecule has 2 rings (SSSR count). The number of aryl methyl sites for hydroxylation is 1. The van der Waals surface area contributed by atoms with Gasteiger partial charge in [0.15, 0.2) is 0 Å². The van der Waals surface area contributed by atoms with Crippen molar-refractivity contribution >= 4 is 0 Å². The van der Waals surface area contributed by atoms with Crippen LogP contribution in [0.1, 0.15) is 51.7 Å². The third kappa shape index (κ3) is 4.05. The van der Waals surface area contributed by atoms with E-state index in [1.54, 1.807) is 0 Å². The Hall–Kier alpha value is -0.900. The second kappa shape index (κ2) is 5.47. The zero-order valence-electron chi connectivity index (χ0n) is 13.4. The summed E-state index contributed by atoms with van der Waals surface area (Å²) in [6.45, 7) is 11.5. The standard InChI is InChI=1S/C17H28N2O/c1-13-6-8-14(9-7-13)12-19(20)15-10-16(2,3)18-17(4,5)11-15/h6-9,15,18,20H,10-12H2,1-5H3. The van der Waals surface area contributed by atoms with Crippen molar-refractivity contribution in [1.82, 2.24) is 10.4 Å². The van der Waals surface area contributed by atoms with Crippen LogP contribution in [0.4, 0.5) is 0 Å². The second-order valence-electron chi connectivity index (χ2n) is 7.54. The molecular weight excluding hydrogens is 248 g/mol. The number of piperidine rings is 1. The molecule has 1 aliphatic rings. The highest BCUT2D eigenvalue weighted by atomic mass is 16.5. The topological polar surface area (TPSA) is 35.5 Å². The van der Waals surface area contributed by atoms with Crippen molar-refractivity contribution in [3.05, 3.63) is 35.4 Å². The third-order valence-corrected chi connectivity index (χ3v) is 4.06. The monoisotopic (exact) mass is 276 g/mol. The maximum Gasteiger partial charge on any atom is 0.0491 e. The Bertz CT molecular complexity index is 435. The number of hydrogen-bond donors (Lipinski definition) is 2. The van der Waals surface area contributed by atoms with Gasteiger partial charge in [-0.25, -0.2) is 0 Å². The first-order valence-electron chi connectivity index (χ1n) is 7.47. The van der Waals surface area contributed by atoms with Crippen molar-refractivity contribution in [3.63, 3.8) is 0 Å². The first-order chi connectivity index (χ1) is 9.17. The third-order valence-electron chi connectivity index (χ3n) is 4.06. The van der Waals surface area contributed by atoms with Crippen molar-refractivity contribution < 1.29 is 5.21 Å². The molecule has 0 bridgehead atoms. The van der Waals surface area contributed by atoms with E-state index >= 15 is 0 Å². The molecule has 0 aliphatic carbocycles. The van der Waals surface area contributed by atoms with Gasteiger partial charge < -0.3 is 10.5 Å². The predicted molar refractivity (Wildman–Crippen MR) is 82.8 cm³/mol. The molecule has 1 aromatic carbocycles. The lowest BCUT2D eigenvalue weighted by Gasteiger charge is -2.48. The van der Waals surface area contributed by atoms with Gasteiger partial charge in [0, 0.05) is 23.7 Å². The smallest absolute Gasteiger partial charge is 0.0491 e. The van der Waals surface area contributed by atoms with Crippen LogP contribution >= 0.6 is 0 Å². The summed E-state index contributed by atoms with van der Waals surface area (Å²) in [6.07, 6.45) is 1.91. The highest BCUT2D eigenvalue weighted by molar-refractivity contribution is 5.21. The fraction of sp³-hybridized carbons (Fsp3) is 0.647. The van der Waals surface area contributed by atoms with Crippen LogP contribution in [-0.4, -0.2) is 27.4 Å². The summed E-state index contributed by atoms with van der Waals surface area (Å²) in [6, 6.07) is 8.58. The lowest BCUT2D eigenvalue weighted by Crippen LogP contribution is -2.61. The predicted octanol–water partition coefficient (Wildman–Crippen LogP) is 3.50. The van der Waals surface area contributed by atoms with Gasteiger partial charge in [0.1, 0.15) is 0 Å². The number of nitrogens with one attached hydrogen (secondary N) is 1. The highest BCUT2D eigenvalue weighted by Gasteiger charge is 2.39. The average molecular weight is 276 g/mol. The summed E-state index contributed by atoms with van der Waals surface area (Å²) in [5.41, 5.74) is 2.52. The van der Waals surface area contributed by atoms with Crippen molar-refractivity contribution in [3.8, 4) is 0 Å². The lowest BCUT2D eigenvalue weighted by molar-refractivity contribution is -0.156. The summed E-state index contributed by atoms with van der Waals surface area (Å²) in [5.74, 6) is 0. The van der Waals surface area contributed by atoms with Crippen LogP contribution in [0.3, 0.4) is 0 Å². The minimum absolute atomic E-state index is 0.0562. The summed E-state index contributed by atoms with van der Waals surface area (Å²) in [5, 5.41) is 15.6. The second-order valence-corrected chi connectivity index (χ2v) is 7.54. The molecule has 0 amide bonds. The molecule has 1 saturated heterocycles. The van der Waals surface area contributed by atoms with Gasteiger partial charge in [0.25, 0.3) is 0 Å². The molecule has 112 valence electrons. The Labute approximate surface area is 122 Å². The molecule has 2 N–H and O–H groups in total. The van der Waals surface area contributed by atoms with Crippen LogP contribution < -0.4 is 5.32 Å². The largest absolute Gasteiger partial charge is 0.313 e. The van der Waals surface area contributed by atoms with E-state index in [1.165, 1.54) is 10.6 Å². The molecule has 20 heavy (non-hydrogen) atoms. The van der Waals surface area contributed by atoms with Crippen LogP contribution in [-0.2, 0) is 6.54 Å². The zero-order chi connectivity index (χ0) is 15.0. The van der Waals surface area contributed by atoms with Crippen molar-refractivity contribution in [2.24, 2.45) is 0 Å². The van der Waals surface area contributed by atoms with Crippen molar-refractivity contribution in [1.29, 1.82) is 0 Å². The number of nitrogens with zero attached hydrogens (tertiary/aromatic N) is 1. The Kier molecular flexibility index (Phi) is 4.24. The molecule has 0 spiro atoms. The van der Waals surface area contributed by atoms with Crippen molar-refractivity contribution in [2.75, 3.05) is 0 Å². The van der Waals surface area contributed by atoms with E-state index in [2.05, 4.69) is 64.2 Å². The number of rotatable bonds is 3. The van der Waals surface area contributed by atoms with Gasteiger partial charge in [-0.05, 0) is 53.0 Å². The van der Waals surface area contributed by atoms with E-state index in [0.717, 1.165) is 18.4 Å². The Morgan fingerprint density at radius 1 is 1.10 bits per heavy atom. The minimum atomic E-state index is 0.0562. The van der Waals surface area contributed by atoms with Gasteiger partial charge in [0.2, 0.25) is 0 Å². The normalized spacial score (nSPS) is 22.1. The Morgan fingerprint density at radius 2 is 1.60 bits per heavy atom. The fourth-order valence-electron chi connectivity index (χ4n) is 3.49. The van der Waals surface area contributed by atoms with Crippen LogP contribution in [0.25, 0.3) is 0 Å². The minimum Gasteiger partial charge on any atom is -0.313 e. The quantitative estimate of drug-likeness (QED) is 0.830. The first-order valence-corrected chi connectivity index (χ1v) is 7.47. The van der Waals surface area contributed by atoms with Gasteiger partial charge in [-0.15, -0.1) is 0 Å². The van der Waals surface area contributed by atoms with E-state index in [-0.39, 0.29) is 17.1 Å². The van der Waals surface area contributed by atoms with E-state index < -0.39 is 0 Å². The molecule has 1 aromatic rings. The summed E-state index contributed by atoms with van der Waals surface area (Å²) >= 11 is 0. The Morgan fingerprint density at radius 3 is 2.10 bits per heavy atom. The number of benzene rings is 1. The van der Waals surface area contributed by atoms with Gasteiger partial charge >= 0.3 is 0 Å². The van der Waals surface area contributed by atoms with E-state index in [9.17, 15) is 5.21 Å². The average Bonchev–Trinajstić information content (AvgIpc) is 2.28. The van der Waals surface area contributed by atoms with E-state index in [4.69, 9.17) is 0 Å². The van der Waals surface area contributed by atoms with Crippen LogP contribution in [0.5, 0.6) is 0 Å². The molecule has 1 aliphatic heterocycles. The molecule has 0 saturated carbocycles. The van der Waals surface area contributed by atoms with Crippen LogP contribution in [0, 0.1) is 6.92 Å². The molecule has 0 unspecified atom stereocenters. The van der Waals surface area contributed by atoms with Crippen molar-refractivity contribution in [2.45, 2.75) is 71.1 Å². The van der Waals surface area contributed by atoms with E-state index in [0.29, 0.717) is 6.54 Å². The maximum absolute atomic E-state index is 10.5. The molecule has 1 fully saturated rings. The SMILES string of the molecule is Cc1ccc(CN(O)C2CC(C)(C)NC(C)(C)C2)cc1. The van der Waals surface area contributed by atoms with E-state index in [1.807, 2.05) is 0 Å². The summed E-state index contributed by atoms with van der Waals surface area (Å²) in [4.78, 5) is 0. The lowest BCUT2D eigenvalue weighted by atomic mass is 9.79. The molecule has 0 aromatic heterocycles. The molecule has 3 heteroatoms. The molecule has 0 atom stereocenters. The fourth-order valence-corrected chi connectivity index (χ4v) is 3.49. The number of hydrogen-bond acceptors (Lipinski definition) is 3. The molecule has 1 heterocycles. The number of hydroxylamine groups is 2. The van der Waals surface area contributed by atoms with Gasteiger partial charge in [0.05, 0.1) is 0 Å². The first kappa shape index (κ1) is 15.5. The zero-order valence-corrected chi connectivity index (χ0v) is 13.4. The molecule has 0 radical (unpaired) electrons.